The highest BCUT2D eigenvalue weighted by Gasteiger charge is 2.14. The van der Waals surface area contributed by atoms with E-state index in [0.29, 0.717) is 20.9 Å². The van der Waals surface area contributed by atoms with E-state index in [4.69, 9.17) is 0 Å². The minimum atomic E-state index is -0.554. The SMILES string of the molecule is O=C(N=Nc1c(O)[nH]c2c(Br)cc(Br)cc12)c1cncc(Br)c1. The highest BCUT2D eigenvalue weighted by Crippen LogP contribution is 2.40. The van der Waals surface area contributed by atoms with E-state index in [1.54, 1.807) is 18.3 Å². The highest BCUT2D eigenvalue weighted by atomic mass is 79.9. The average Bonchev–Trinajstić information content (AvgIpc) is 2.81. The minimum Gasteiger partial charge on any atom is -0.493 e. The van der Waals surface area contributed by atoms with Crippen LogP contribution < -0.4 is 0 Å². The Bertz CT molecular complexity index is 953. The maximum atomic E-state index is 12.0. The number of benzene rings is 1. The first-order valence-electron chi connectivity index (χ1n) is 6.22. The van der Waals surface area contributed by atoms with Crippen molar-refractivity contribution in [3.8, 4) is 5.88 Å². The lowest BCUT2D eigenvalue weighted by atomic mass is 10.2. The van der Waals surface area contributed by atoms with Gasteiger partial charge in [-0.05, 0) is 50.1 Å². The second kappa shape index (κ2) is 6.50. The number of amides is 1. The number of H-pyrrole nitrogens is 1. The van der Waals surface area contributed by atoms with Crippen LogP contribution in [-0.2, 0) is 0 Å². The second-order valence-electron chi connectivity index (χ2n) is 4.53. The van der Waals surface area contributed by atoms with Crippen LogP contribution in [0.5, 0.6) is 5.88 Å². The summed E-state index contributed by atoms with van der Waals surface area (Å²) in [5, 5.41) is 18.2. The number of carbonyl (C=O) groups excluding carboxylic acids is 1. The molecule has 1 amide bonds. The third-order valence-corrected chi connectivity index (χ3v) is 4.49. The number of aromatic amines is 1. The van der Waals surface area contributed by atoms with Gasteiger partial charge in [0, 0.05) is 31.2 Å². The number of nitrogens with one attached hydrogen (secondary N) is 1. The van der Waals surface area contributed by atoms with Gasteiger partial charge in [0.05, 0.1) is 11.1 Å². The number of nitrogens with zero attached hydrogens (tertiary/aromatic N) is 3. The molecule has 0 unspecified atom stereocenters. The quantitative estimate of drug-likeness (QED) is 0.455. The van der Waals surface area contributed by atoms with Crippen molar-refractivity contribution in [2.75, 3.05) is 0 Å². The smallest absolute Gasteiger partial charge is 0.297 e. The molecule has 6 nitrogen and oxygen atoms in total. The molecule has 0 bridgehead atoms. The standard InChI is InChI=1S/C14H7Br3N4O2/c15-7-2-9-11(10(17)3-7)19-14(23)12(9)20-21-13(22)6-1-8(16)5-18-4-6/h1-5,19,23H. The number of hydrogen-bond acceptors (Lipinski definition) is 4. The Labute approximate surface area is 155 Å². The van der Waals surface area contributed by atoms with Gasteiger partial charge in [-0.1, -0.05) is 15.9 Å². The van der Waals surface area contributed by atoms with Gasteiger partial charge in [0.2, 0.25) is 5.88 Å². The van der Waals surface area contributed by atoms with Crippen LogP contribution >= 0.6 is 47.8 Å². The molecule has 2 N–H and O–H groups in total. The highest BCUT2D eigenvalue weighted by molar-refractivity contribution is 9.11. The van der Waals surface area contributed by atoms with Crippen LogP contribution in [0.15, 0.2) is 54.2 Å². The molecule has 2 heterocycles. The molecule has 0 saturated heterocycles. The van der Waals surface area contributed by atoms with Gasteiger partial charge in [-0.2, -0.15) is 0 Å². The van der Waals surface area contributed by atoms with Gasteiger partial charge in [0.15, 0.2) is 5.69 Å². The number of fused-ring (bicyclic) bond motifs is 1. The Morgan fingerprint density at radius 2 is 1.91 bits per heavy atom. The summed E-state index contributed by atoms with van der Waals surface area (Å²) in [7, 11) is 0. The first kappa shape index (κ1) is 16.3. The van der Waals surface area contributed by atoms with E-state index in [0.717, 1.165) is 8.95 Å². The predicted molar refractivity (Wildman–Crippen MR) is 96.1 cm³/mol. The molecule has 0 aliphatic heterocycles. The van der Waals surface area contributed by atoms with Crippen molar-refractivity contribution in [2.24, 2.45) is 10.2 Å². The molecule has 0 fully saturated rings. The summed E-state index contributed by atoms with van der Waals surface area (Å²) in [4.78, 5) is 18.7. The lowest BCUT2D eigenvalue weighted by Gasteiger charge is -1.97. The van der Waals surface area contributed by atoms with Gasteiger partial charge >= 0.3 is 0 Å². The van der Waals surface area contributed by atoms with E-state index in [1.165, 1.54) is 6.20 Å². The molecule has 0 atom stereocenters. The third-order valence-electron chi connectivity index (χ3n) is 2.97. The van der Waals surface area contributed by atoms with E-state index in [1.807, 2.05) is 6.07 Å². The molecule has 2 aromatic heterocycles. The fraction of sp³-hybridized carbons (Fsp3) is 0. The Kier molecular flexibility index (Phi) is 4.60. The largest absolute Gasteiger partial charge is 0.493 e. The molecule has 23 heavy (non-hydrogen) atoms. The molecule has 1 aromatic carbocycles. The molecule has 3 aromatic rings. The summed E-state index contributed by atoms with van der Waals surface area (Å²) in [5.41, 5.74) is 1.15. The van der Waals surface area contributed by atoms with Crippen LogP contribution in [0.4, 0.5) is 5.69 Å². The Balaban J connectivity index is 2.01. The average molecular weight is 503 g/mol. The first-order valence-corrected chi connectivity index (χ1v) is 8.60. The number of rotatable bonds is 2. The second-order valence-corrected chi connectivity index (χ2v) is 7.22. The zero-order chi connectivity index (χ0) is 16.6. The molecule has 116 valence electrons. The van der Waals surface area contributed by atoms with Crippen LogP contribution in [0, 0.1) is 0 Å². The van der Waals surface area contributed by atoms with Crippen molar-refractivity contribution in [3.63, 3.8) is 0 Å². The van der Waals surface area contributed by atoms with E-state index in [2.05, 4.69) is 68.0 Å². The summed E-state index contributed by atoms with van der Waals surface area (Å²) < 4.78 is 2.22. The van der Waals surface area contributed by atoms with Crippen LogP contribution in [-0.4, -0.2) is 21.0 Å². The molecule has 0 radical (unpaired) electrons. The van der Waals surface area contributed by atoms with Crippen molar-refractivity contribution < 1.29 is 9.90 Å². The van der Waals surface area contributed by atoms with Crippen molar-refractivity contribution in [2.45, 2.75) is 0 Å². The van der Waals surface area contributed by atoms with Crippen LogP contribution in [0.3, 0.4) is 0 Å². The molecule has 3 rings (SSSR count). The molecule has 9 heteroatoms. The van der Waals surface area contributed by atoms with Crippen LogP contribution in [0.25, 0.3) is 10.9 Å². The Hall–Kier alpha value is -1.58. The topological polar surface area (TPSA) is 90.7 Å². The maximum absolute atomic E-state index is 12.0. The van der Waals surface area contributed by atoms with Gasteiger partial charge in [0.1, 0.15) is 0 Å². The van der Waals surface area contributed by atoms with Crippen LogP contribution in [0.1, 0.15) is 10.4 Å². The summed E-state index contributed by atoms with van der Waals surface area (Å²) in [6.07, 6.45) is 2.96. The number of hydrogen-bond donors (Lipinski definition) is 2. The lowest BCUT2D eigenvalue weighted by molar-refractivity contribution is 0.0994. The third kappa shape index (κ3) is 3.36. The number of halogens is 3. The molecule has 0 saturated carbocycles. The summed E-state index contributed by atoms with van der Waals surface area (Å²) >= 11 is 10.0. The normalized spacial score (nSPS) is 11.4. The Morgan fingerprint density at radius 1 is 1.13 bits per heavy atom. The van der Waals surface area contributed by atoms with E-state index in [9.17, 15) is 9.90 Å². The van der Waals surface area contributed by atoms with Gasteiger partial charge in [-0.25, -0.2) is 0 Å². The number of pyridine rings is 1. The van der Waals surface area contributed by atoms with Crippen molar-refractivity contribution in [3.05, 3.63) is 49.6 Å². The van der Waals surface area contributed by atoms with Crippen LogP contribution in [0.2, 0.25) is 0 Å². The van der Waals surface area contributed by atoms with Crippen molar-refractivity contribution in [1.29, 1.82) is 0 Å². The van der Waals surface area contributed by atoms with Crippen molar-refractivity contribution in [1.82, 2.24) is 9.97 Å². The van der Waals surface area contributed by atoms with E-state index >= 15 is 0 Å². The number of carbonyl (C=O) groups is 1. The lowest BCUT2D eigenvalue weighted by Crippen LogP contribution is -1.94. The molecule has 0 aliphatic carbocycles. The first-order chi connectivity index (χ1) is 11.0. The van der Waals surface area contributed by atoms with E-state index in [-0.39, 0.29) is 11.6 Å². The molecular weight excluding hydrogens is 496 g/mol. The van der Waals surface area contributed by atoms with Crippen molar-refractivity contribution >= 4 is 70.3 Å². The summed E-state index contributed by atoms with van der Waals surface area (Å²) in [5.74, 6) is -0.718. The van der Waals surface area contributed by atoms with Gasteiger partial charge in [-0.15, -0.1) is 10.2 Å². The number of aromatic nitrogens is 2. The molecule has 0 spiro atoms. The minimum absolute atomic E-state index is 0.164. The maximum Gasteiger partial charge on any atom is 0.297 e. The zero-order valence-corrected chi connectivity index (χ0v) is 16.0. The Morgan fingerprint density at radius 3 is 2.65 bits per heavy atom. The molecular formula is C14H7Br3N4O2. The predicted octanol–water partition coefficient (Wildman–Crippen LogP) is 5.48. The summed E-state index contributed by atoms with van der Waals surface area (Å²) in [6.45, 7) is 0. The number of aromatic hydroxyl groups is 1. The summed E-state index contributed by atoms with van der Waals surface area (Å²) in [6, 6.07) is 5.20. The van der Waals surface area contributed by atoms with Gasteiger partial charge in [0.25, 0.3) is 5.91 Å². The molecule has 0 aliphatic rings. The number of azo groups is 1. The van der Waals surface area contributed by atoms with Gasteiger partial charge < -0.3 is 10.1 Å². The van der Waals surface area contributed by atoms with Gasteiger partial charge in [-0.3, -0.25) is 9.78 Å². The van der Waals surface area contributed by atoms with E-state index < -0.39 is 5.91 Å². The zero-order valence-electron chi connectivity index (χ0n) is 11.2. The fourth-order valence-electron chi connectivity index (χ4n) is 1.98. The monoisotopic (exact) mass is 500 g/mol. The fourth-order valence-corrected chi connectivity index (χ4v) is 3.66.